The average molecular weight is 1190 g/mol. The average Bonchev–Trinajstić information content (AvgIpc) is 1.31. The first-order chi connectivity index (χ1) is 40.0. The largest absolute Gasteiger partial charge is 0.508 e. The van der Waals surface area contributed by atoms with E-state index in [2.05, 4.69) is 27.8 Å². The fourth-order valence-electron chi connectivity index (χ4n) is 9.18. The van der Waals surface area contributed by atoms with Gasteiger partial charge in [0.05, 0.1) is 63.9 Å². The van der Waals surface area contributed by atoms with E-state index in [1.807, 2.05) is 0 Å². The molecule has 2 saturated heterocycles. The molecule has 0 spiro atoms. The van der Waals surface area contributed by atoms with E-state index >= 15 is 0 Å². The molecule has 4 aromatic rings. The molecule has 0 aliphatic carbocycles. The SMILES string of the molecule is C=CCOC1(C(=O)OC)CC(O)C(NC(C)=O)C(C(O)C(O)CNC(=O)c2ccc(-c3ccc(O)cc3)cc2)O1.COC(=O)C1(OCCCSCCN)CC(O)C(NC(C)=O)C(C(O)C(O)CNC(=O)c2ccc(-c3ccc(O)cc3)cc2)O1. The molecule has 458 valence electrons. The van der Waals surface area contributed by atoms with Gasteiger partial charge in [-0.25, -0.2) is 9.59 Å². The number of aromatic hydroxyl groups is 2. The Bertz CT molecular complexity index is 2800. The lowest BCUT2D eigenvalue weighted by molar-refractivity contribution is -0.311. The van der Waals surface area contributed by atoms with Gasteiger partial charge in [-0.1, -0.05) is 54.6 Å². The molecule has 2 aliphatic heterocycles. The molecule has 6 rings (SSSR count). The molecule has 0 saturated carbocycles. The van der Waals surface area contributed by atoms with Crippen LogP contribution in [0.2, 0.25) is 0 Å². The van der Waals surface area contributed by atoms with Crippen LogP contribution in [0.1, 0.15) is 53.8 Å². The van der Waals surface area contributed by atoms with Crippen LogP contribution in [0.5, 0.6) is 11.5 Å². The van der Waals surface area contributed by atoms with E-state index < -0.39 is 134 Å². The highest BCUT2D eigenvalue weighted by molar-refractivity contribution is 7.99. The van der Waals surface area contributed by atoms with Crippen molar-refractivity contribution in [2.24, 2.45) is 5.73 Å². The van der Waals surface area contributed by atoms with Crippen molar-refractivity contribution in [3.63, 3.8) is 0 Å². The number of phenolic OH excluding ortho intramolecular Hbond substituents is 2. The molecular weight excluding hydrogens is 1120 g/mol. The van der Waals surface area contributed by atoms with Crippen LogP contribution in [0, 0.1) is 0 Å². The molecule has 2 fully saturated rings. The number of hydrogen-bond acceptors (Lipinski definition) is 22. The third-order valence-corrected chi connectivity index (χ3v) is 14.5. The predicted molar refractivity (Wildman–Crippen MR) is 305 cm³/mol. The number of aliphatic hydroxyl groups is 6. The third-order valence-electron chi connectivity index (χ3n) is 13.4. The van der Waals surface area contributed by atoms with Gasteiger partial charge in [0.15, 0.2) is 0 Å². The lowest BCUT2D eigenvalue weighted by atomic mass is 9.88. The number of thioether (sulfide) groups is 1. The van der Waals surface area contributed by atoms with Crippen LogP contribution in [0.4, 0.5) is 0 Å². The number of aliphatic hydroxyl groups excluding tert-OH is 6. The topological polar surface area (TPSA) is 394 Å². The highest BCUT2D eigenvalue weighted by Gasteiger charge is 2.57. The number of esters is 2. The highest BCUT2D eigenvalue weighted by Crippen LogP contribution is 2.36. The summed E-state index contributed by atoms with van der Waals surface area (Å²) < 4.78 is 32.7. The van der Waals surface area contributed by atoms with Gasteiger partial charge < -0.3 is 96.3 Å². The molecule has 14 N–H and O–H groups in total. The predicted octanol–water partition coefficient (Wildman–Crippen LogP) is 0.370. The zero-order valence-electron chi connectivity index (χ0n) is 46.8. The van der Waals surface area contributed by atoms with E-state index in [0.29, 0.717) is 18.7 Å². The zero-order valence-corrected chi connectivity index (χ0v) is 47.6. The monoisotopic (exact) mass is 1190 g/mol. The van der Waals surface area contributed by atoms with Gasteiger partial charge in [0.25, 0.3) is 23.4 Å². The Hall–Kier alpha value is -7.05. The maximum Gasteiger partial charge on any atom is 0.366 e. The second-order valence-electron chi connectivity index (χ2n) is 19.6. The van der Waals surface area contributed by atoms with E-state index in [9.17, 15) is 69.6 Å². The minimum absolute atomic E-state index is 0.0527. The van der Waals surface area contributed by atoms with Crippen LogP contribution in [0.25, 0.3) is 22.3 Å². The normalized spacial score (nSPS) is 23.4. The van der Waals surface area contributed by atoms with Crippen molar-refractivity contribution in [3.05, 3.63) is 121 Å². The minimum atomic E-state index is -2.15. The van der Waals surface area contributed by atoms with Gasteiger partial charge >= 0.3 is 11.9 Å². The van der Waals surface area contributed by atoms with E-state index in [0.717, 1.165) is 42.2 Å². The summed E-state index contributed by atoms with van der Waals surface area (Å²) in [5.74, 6) is -6.66. The number of ether oxygens (including phenoxy) is 6. The molecule has 2 heterocycles. The first-order valence-corrected chi connectivity index (χ1v) is 27.8. The summed E-state index contributed by atoms with van der Waals surface area (Å²) in [6.45, 7) is 5.47. The van der Waals surface area contributed by atoms with Crippen LogP contribution >= 0.6 is 11.8 Å². The number of nitrogens with one attached hydrogen (secondary N) is 4. The molecule has 2 aliphatic rings. The molecule has 26 heteroatoms. The Morgan fingerprint density at radius 2 is 1.00 bits per heavy atom. The number of phenols is 2. The first-order valence-electron chi connectivity index (χ1n) is 26.7. The van der Waals surface area contributed by atoms with E-state index in [-0.39, 0.29) is 35.8 Å². The van der Waals surface area contributed by atoms with Crippen LogP contribution in [0.15, 0.2) is 110 Å². The van der Waals surface area contributed by atoms with Crippen LogP contribution in [-0.2, 0) is 47.6 Å². The number of rotatable bonds is 26. The van der Waals surface area contributed by atoms with Gasteiger partial charge in [0.1, 0.15) is 35.9 Å². The van der Waals surface area contributed by atoms with Crippen LogP contribution in [0.3, 0.4) is 0 Å². The second-order valence-corrected chi connectivity index (χ2v) is 20.9. The van der Waals surface area contributed by atoms with Crippen molar-refractivity contribution in [3.8, 4) is 33.8 Å². The summed E-state index contributed by atoms with van der Waals surface area (Å²) in [5.41, 5.74) is 9.39. The number of benzene rings is 4. The minimum Gasteiger partial charge on any atom is -0.508 e. The summed E-state index contributed by atoms with van der Waals surface area (Å²) in [5, 5.41) is 94.4. The summed E-state index contributed by atoms with van der Waals surface area (Å²) in [6.07, 6.45) is -11.7. The number of amides is 4. The molecule has 0 aromatic heterocycles. The van der Waals surface area contributed by atoms with Crippen LogP contribution < -0.4 is 27.0 Å². The van der Waals surface area contributed by atoms with Gasteiger partial charge in [-0.2, -0.15) is 11.8 Å². The Kier molecular flexibility index (Phi) is 26.0. The van der Waals surface area contributed by atoms with Crippen molar-refractivity contribution in [1.29, 1.82) is 0 Å². The Balaban J connectivity index is 0.000000309. The van der Waals surface area contributed by atoms with Crippen molar-refractivity contribution < 1.29 is 98.0 Å². The summed E-state index contributed by atoms with van der Waals surface area (Å²) in [4.78, 5) is 74.7. The molecule has 84 heavy (non-hydrogen) atoms. The Morgan fingerprint density at radius 3 is 1.35 bits per heavy atom. The lowest BCUT2D eigenvalue weighted by Crippen LogP contribution is -2.68. The van der Waals surface area contributed by atoms with Gasteiger partial charge in [0, 0.05) is 63.2 Å². The lowest BCUT2D eigenvalue weighted by Gasteiger charge is -2.47. The first kappa shape index (κ1) is 67.7. The highest BCUT2D eigenvalue weighted by atomic mass is 32.2. The molecule has 4 aromatic carbocycles. The number of hydrogen-bond donors (Lipinski definition) is 13. The van der Waals surface area contributed by atoms with Crippen molar-refractivity contribution in [2.75, 3.05) is 58.6 Å². The maximum atomic E-state index is 12.9. The summed E-state index contributed by atoms with van der Waals surface area (Å²) in [6, 6.07) is 23.9. The van der Waals surface area contributed by atoms with Gasteiger partial charge in [-0.3, -0.25) is 19.2 Å². The van der Waals surface area contributed by atoms with E-state index in [1.54, 1.807) is 109 Å². The van der Waals surface area contributed by atoms with E-state index in [1.165, 1.54) is 19.9 Å². The van der Waals surface area contributed by atoms with Crippen molar-refractivity contribution in [1.82, 2.24) is 21.3 Å². The molecule has 25 nitrogen and oxygen atoms in total. The number of carbonyl (C=O) groups is 6. The number of methoxy groups -OCH3 is 2. The standard InChI is InChI=1S/C30H41N3O10S.C28H34N2O10/c1-18(34)33-25-23(36)16-30(29(40)41-2,42-13-3-14-44-15-12-31)43-27(25)26(38)24(37)17-32-28(39)21-6-4-19(5-7-21)20-8-10-22(35)11-9-20;1-4-13-39-28(27(37)38-3)14-21(33)23(30-16(2)31)25(40-28)24(35)22(34)15-29-26(36)19-7-5-17(6-8-19)18-9-11-20(32)12-10-18/h4-11,23-27,35-38H,3,12-17,31H2,1-2H3,(H,32,39)(H,33,34);4-12,21-25,32-35H,1,13-15H2,2-3H3,(H,29,36)(H,30,31). The molecule has 12 unspecified atom stereocenters. The molecule has 0 bridgehead atoms. The van der Waals surface area contributed by atoms with Crippen LogP contribution in [-0.4, -0.2) is 207 Å². The third kappa shape index (κ3) is 18.5. The fourth-order valence-corrected chi connectivity index (χ4v) is 9.88. The van der Waals surface area contributed by atoms with Gasteiger partial charge in [-0.05, 0) is 83.0 Å². The van der Waals surface area contributed by atoms with Gasteiger partial charge in [0.2, 0.25) is 11.8 Å². The molecule has 4 amide bonds. The summed E-state index contributed by atoms with van der Waals surface area (Å²) >= 11 is 1.60. The number of carbonyl (C=O) groups excluding carboxylic acids is 6. The van der Waals surface area contributed by atoms with Crippen molar-refractivity contribution in [2.45, 2.75) is 106 Å². The van der Waals surface area contributed by atoms with E-state index in [4.69, 9.17) is 34.2 Å². The smallest absolute Gasteiger partial charge is 0.366 e. The number of nitrogens with two attached hydrogens (primary N) is 1. The fraction of sp³-hybridized carbons (Fsp3) is 0.448. The maximum absolute atomic E-state index is 12.9. The second kappa shape index (κ2) is 32.3. The zero-order chi connectivity index (χ0) is 61.7. The Labute approximate surface area is 489 Å². The summed E-state index contributed by atoms with van der Waals surface area (Å²) in [7, 11) is 2.21. The van der Waals surface area contributed by atoms with Gasteiger partial charge in [-0.15, -0.1) is 6.58 Å². The molecule has 12 atom stereocenters. The quantitative estimate of drug-likeness (QED) is 0.0229. The molecule has 0 radical (unpaired) electrons. The Morgan fingerprint density at radius 1 is 0.631 bits per heavy atom. The van der Waals surface area contributed by atoms with Crippen molar-refractivity contribution >= 4 is 47.3 Å². The molecular formula is C58H75N5O20S.